The number of hydrogen-bond acceptors (Lipinski definition) is 5. The second kappa shape index (κ2) is 6.47. The average Bonchev–Trinajstić information content (AvgIpc) is 2.48. The Morgan fingerprint density at radius 2 is 1.90 bits per heavy atom. The Balaban J connectivity index is 2.18. The number of likely N-dealkylation sites (N-methyl/N-ethyl adjacent to an activating group) is 1. The van der Waals surface area contributed by atoms with E-state index in [0.717, 1.165) is 31.9 Å². The van der Waals surface area contributed by atoms with Crippen molar-refractivity contribution in [3.05, 3.63) is 18.2 Å². The predicted octanol–water partition coefficient (Wildman–Crippen LogP) is 1.63. The Labute approximate surface area is 119 Å². The van der Waals surface area contributed by atoms with E-state index in [9.17, 15) is 4.79 Å². The zero-order valence-corrected chi connectivity index (χ0v) is 12.2. The first-order valence-corrected chi connectivity index (χ1v) is 6.60. The van der Waals surface area contributed by atoms with Gasteiger partial charge in [-0.1, -0.05) is 0 Å². The SMILES string of the molecule is COC(=O)Nc1cc(N2CCN(C)CC2)ccc1OC. The van der Waals surface area contributed by atoms with Gasteiger partial charge in [0, 0.05) is 31.9 Å². The van der Waals surface area contributed by atoms with E-state index in [-0.39, 0.29) is 0 Å². The molecule has 0 atom stereocenters. The standard InChI is InChI=1S/C14H21N3O3/c1-16-6-8-17(9-7-16)11-4-5-13(19-2)12(10-11)15-14(18)20-3/h4-5,10H,6-9H2,1-3H3,(H,15,18). The van der Waals surface area contributed by atoms with Gasteiger partial charge < -0.3 is 19.3 Å². The van der Waals surface area contributed by atoms with E-state index in [1.54, 1.807) is 7.11 Å². The molecule has 1 amide bonds. The average molecular weight is 279 g/mol. The number of piperazine rings is 1. The van der Waals surface area contributed by atoms with Gasteiger partial charge in [-0.05, 0) is 25.2 Å². The van der Waals surface area contributed by atoms with Crippen molar-refractivity contribution in [1.29, 1.82) is 0 Å². The molecule has 0 unspecified atom stereocenters. The summed E-state index contributed by atoms with van der Waals surface area (Å²) in [6, 6.07) is 5.78. The van der Waals surface area contributed by atoms with E-state index in [1.165, 1.54) is 7.11 Å². The molecule has 1 heterocycles. The molecule has 1 N–H and O–H groups in total. The molecule has 0 radical (unpaired) electrons. The lowest BCUT2D eigenvalue weighted by atomic mass is 10.2. The second-order valence-electron chi connectivity index (χ2n) is 4.79. The highest BCUT2D eigenvalue weighted by Crippen LogP contribution is 2.30. The first kappa shape index (κ1) is 14.5. The molecular weight excluding hydrogens is 258 g/mol. The van der Waals surface area contributed by atoms with Gasteiger partial charge in [-0.15, -0.1) is 0 Å². The number of nitrogens with one attached hydrogen (secondary N) is 1. The first-order valence-electron chi connectivity index (χ1n) is 6.60. The van der Waals surface area contributed by atoms with Crippen molar-refractivity contribution in [2.45, 2.75) is 0 Å². The Kier molecular flexibility index (Phi) is 4.68. The lowest BCUT2D eigenvalue weighted by molar-refractivity contribution is 0.187. The maximum Gasteiger partial charge on any atom is 0.411 e. The molecule has 1 fully saturated rings. The maximum absolute atomic E-state index is 11.4. The Bertz CT molecular complexity index is 471. The van der Waals surface area contributed by atoms with Gasteiger partial charge in [-0.25, -0.2) is 4.79 Å². The summed E-state index contributed by atoms with van der Waals surface area (Å²) in [6.45, 7) is 4.01. The number of nitrogens with zero attached hydrogens (tertiary/aromatic N) is 2. The number of carbonyl (C=O) groups excluding carboxylic acids is 1. The number of benzene rings is 1. The van der Waals surface area contributed by atoms with Crippen molar-refractivity contribution >= 4 is 17.5 Å². The number of rotatable bonds is 3. The molecule has 1 aliphatic rings. The molecule has 1 aromatic rings. The normalized spacial score (nSPS) is 15.8. The smallest absolute Gasteiger partial charge is 0.411 e. The number of ether oxygens (including phenoxy) is 2. The third-order valence-electron chi connectivity index (χ3n) is 3.47. The van der Waals surface area contributed by atoms with Gasteiger partial charge in [0.2, 0.25) is 0 Å². The summed E-state index contributed by atoms with van der Waals surface area (Å²) in [5.41, 5.74) is 1.70. The van der Waals surface area contributed by atoms with E-state index in [0.29, 0.717) is 11.4 Å². The minimum absolute atomic E-state index is 0.501. The summed E-state index contributed by atoms with van der Waals surface area (Å²) in [5.74, 6) is 0.619. The zero-order valence-electron chi connectivity index (χ0n) is 12.2. The molecular formula is C14H21N3O3. The minimum Gasteiger partial charge on any atom is -0.495 e. The van der Waals surface area contributed by atoms with Crippen molar-refractivity contribution in [2.24, 2.45) is 0 Å². The number of anilines is 2. The summed E-state index contributed by atoms with van der Waals surface area (Å²) in [6.07, 6.45) is -0.501. The van der Waals surface area contributed by atoms with E-state index in [1.807, 2.05) is 18.2 Å². The van der Waals surface area contributed by atoms with Gasteiger partial charge in [0.05, 0.1) is 19.9 Å². The molecule has 0 aromatic heterocycles. The fourth-order valence-electron chi connectivity index (χ4n) is 2.22. The van der Waals surface area contributed by atoms with Gasteiger partial charge in [0.25, 0.3) is 0 Å². The van der Waals surface area contributed by atoms with Crippen LogP contribution >= 0.6 is 0 Å². The van der Waals surface area contributed by atoms with Crippen LogP contribution in [0.3, 0.4) is 0 Å². The first-order chi connectivity index (χ1) is 9.63. The predicted molar refractivity (Wildman–Crippen MR) is 78.7 cm³/mol. The van der Waals surface area contributed by atoms with E-state index in [2.05, 4.69) is 26.9 Å². The molecule has 6 heteroatoms. The number of methoxy groups -OCH3 is 2. The van der Waals surface area contributed by atoms with Crippen molar-refractivity contribution in [1.82, 2.24) is 4.90 Å². The molecule has 110 valence electrons. The quantitative estimate of drug-likeness (QED) is 0.911. The third-order valence-corrected chi connectivity index (χ3v) is 3.47. The van der Waals surface area contributed by atoms with Gasteiger partial charge in [-0.3, -0.25) is 5.32 Å². The van der Waals surface area contributed by atoms with Crippen LogP contribution in [-0.2, 0) is 4.74 Å². The van der Waals surface area contributed by atoms with Crippen molar-refractivity contribution < 1.29 is 14.3 Å². The van der Waals surface area contributed by atoms with Gasteiger partial charge >= 0.3 is 6.09 Å². The van der Waals surface area contributed by atoms with Gasteiger partial charge in [0.1, 0.15) is 5.75 Å². The lowest BCUT2D eigenvalue weighted by Gasteiger charge is -2.34. The van der Waals surface area contributed by atoms with Crippen LogP contribution in [-0.4, -0.2) is 58.4 Å². The maximum atomic E-state index is 11.4. The Morgan fingerprint density at radius 3 is 2.50 bits per heavy atom. The van der Waals surface area contributed by atoms with Crippen molar-refractivity contribution in [3.63, 3.8) is 0 Å². The summed E-state index contributed by atoms with van der Waals surface area (Å²) in [5, 5.41) is 2.68. The molecule has 0 aliphatic carbocycles. The van der Waals surface area contributed by atoms with Crippen LogP contribution in [0, 0.1) is 0 Å². The van der Waals surface area contributed by atoms with Crippen LogP contribution in [0.15, 0.2) is 18.2 Å². The van der Waals surface area contributed by atoms with Crippen LogP contribution in [0.1, 0.15) is 0 Å². The summed E-state index contributed by atoms with van der Waals surface area (Å²) < 4.78 is 9.88. The second-order valence-corrected chi connectivity index (χ2v) is 4.79. The fourth-order valence-corrected chi connectivity index (χ4v) is 2.22. The van der Waals surface area contributed by atoms with Crippen molar-refractivity contribution in [2.75, 3.05) is 57.7 Å². The molecule has 20 heavy (non-hydrogen) atoms. The van der Waals surface area contributed by atoms with E-state index < -0.39 is 6.09 Å². The molecule has 1 saturated heterocycles. The summed E-state index contributed by atoms with van der Waals surface area (Å²) in [7, 11) is 5.04. The zero-order chi connectivity index (χ0) is 14.5. The molecule has 0 bridgehead atoms. The van der Waals surface area contributed by atoms with Crippen LogP contribution in [0.5, 0.6) is 5.75 Å². The van der Waals surface area contributed by atoms with E-state index >= 15 is 0 Å². The Morgan fingerprint density at radius 1 is 1.20 bits per heavy atom. The van der Waals surface area contributed by atoms with Crippen LogP contribution in [0.25, 0.3) is 0 Å². The van der Waals surface area contributed by atoms with Crippen molar-refractivity contribution in [3.8, 4) is 5.75 Å². The molecule has 2 rings (SSSR count). The number of carbonyl (C=O) groups is 1. The molecule has 0 spiro atoms. The Hall–Kier alpha value is -1.95. The minimum atomic E-state index is -0.501. The highest BCUT2D eigenvalue weighted by molar-refractivity contribution is 5.87. The topological polar surface area (TPSA) is 54.0 Å². The highest BCUT2D eigenvalue weighted by Gasteiger charge is 2.16. The fraction of sp³-hybridized carbons (Fsp3) is 0.500. The van der Waals surface area contributed by atoms with Crippen LogP contribution < -0.4 is 15.0 Å². The lowest BCUT2D eigenvalue weighted by Crippen LogP contribution is -2.44. The molecule has 1 aliphatic heterocycles. The summed E-state index contributed by atoms with van der Waals surface area (Å²) in [4.78, 5) is 16.0. The largest absolute Gasteiger partial charge is 0.495 e. The highest BCUT2D eigenvalue weighted by atomic mass is 16.5. The van der Waals surface area contributed by atoms with Crippen LogP contribution in [0.2, 0.25) is 0 Å². The van der Waals surface area contributed by atoms with Gasteiger partial charge in [0.15, 0.2) is 0 Å². The van der Waals surface area contributed by atoms with Crippen LogP contribution in [0.4, 0.5) is 16.2 Å². The molecule has 6 nitrogen and oxygen atoms in total. The summed E-state index contributed by atoms with van der Waals surface area (Å²) >= 11 is 0. The number of amides is 1. The van der Waals surface area contributed by atoms with Gasteiger partial charge in [-0.2, -0.15) is 0 Å². The molecule has 1 aromatic carbocycles. The van der Waals surface area contributed by atoms with E-state index in [4.69, 9.17) is 4.74 Å². The monoisotopic (exact) mass is 279 g/mol. The molecule has 0 saturated carbocycles. The third kappa shape index (κ3) is 3.33. The number of hydrogen-bond donors (Lipinski definition) is 1.